The van der Waals surface area contributed by atoms with E-state index in [9.17, 15) is 4.79 Å². The summed E-state index contributed by atoms with van der Waals surface area (Å²) in [5, 5.41) is 6.10. The highest BCUT2D eigenvalue weighted by molar-refractivity contribution is 5.73. The molecule has 6 nitrogen and oxygen atoms in total. The molecule has 0 aliphatic heterocycles. The zero-order valence-electron chi connectivity index (χ0n) is 15.5. The molecular weight excluding hydrogens is 338 g/mol. The zero-order chi connectivity index (χ0) is 19.1. The molecular formula is C21H23N5O. The van der Waals surface area contributed by atoms with Gasteiger partial charge in [0.2, 0.25) is 11.9 Å². The number of amides is 1. The minimum absolute atomic E-state index is 0.00565. The number of pyridine rings is 1. The lowest BCUT2D eigenvalue weighted by Crippen LogP contribution is -2.31. The summed E-state index contributed by atoms with van der Waals surface area (Å²) in [6.07, 6.45) is 7.96. The maximum absolute atomic E-state index is 11.1. The number of rotatable bonds is 7. The standard InChI is InChI=1S/C21H23N5O/c1-15(26-16(2)27)11-17-3-5-19(6-4-17)20-13-24-21(25-14-20)23-12-18-7-9-22-10-8-18/h3-10,13-15H,11-12H2,1-2H3,(H,26,27)(H,23,24,25). The lowest BCUT2D eigenvalue weighted by Gasteiger charge is -2.12. The third kappa shape index (κ3) is 5.60. The highest BCUT2D eigenvalue weighted by atomic mass is 16.1. The van der Waals surface area contributed by atoms with Crippen molar-refractivity contribution in [3.05, 3.63) is 72.3 Å². The fourth-order valence-corrected chi connectivity index (χ4v) is 2.84. The van der Waals surface area contributed by atoms with Gasteiger partial charge in [-0.3, -0.25) is 9.78 Å². The van der Waals surface area contributed by atoms with E-state index in [4.69, 9.17) is 0 Å². The first kappa shape index (κ1) is 18.5. The molecule has 0 bridgehead atoms. The Morgan fingerprint density at radius 2 is 1.63 bits per heavy atom. The van der Waals surface area contributed by atoms with Crippen LogP contribution in [0.25, 0.3) is 11.1 Å². The van der Waals surface area contributed by atoms with Crippen molar-refractivity contribution in [2.45, 2.75) is 32.9 Å². The third-order valence-electron chi connectivity index (χ3n) is 4.13. The molecule has 0 aliphatic rings. The quantitative estimate of drug-likeness (QED) is 0.675. The summed E-state index contributed by atoms with van der Waals surface area (Å²) in [5.41, 5.74) is 4.33. The van der Waals surface area contributed by atoms with Crippen LogP contribution in [0.1, 0.15) is 25.0 Å². The Morgan fingerprint density at radius 3 is 2.26 bits per heavy atom. The molecule has 0 radical (unpaired) electrons. The predicted molar refractivity (Wildman–Crippen MR) is 106 cm³/mol. The fourth-order valence-electron chi connectivity index (χ4n) is 2.84. The lowest BCUT2D eigenvalue weighted by atomic mass is 10.0. The van der Waals surface area contributed by atoms with Crippen LogP contribution in [0.2, 0.25) is 0 Å². The molecule has 1 unspecified atom stereocenters. The van der Waals surface area contributed by atoms with Crippen LogP contribution in [0.15, 0.2) is 61.2 Å². The maximum Gasteiger partial charge on any atom is 0.222 e. The number of hydrogen-bond donors (Lipinski definition) is 2. The van der Waals surface area contributed by atoms with Crippen molar-refractivity contribution >= 4 is 11.9 Å². The Labute approximate surface area is 159 Å². The summed E-state index contributed by atoms with van der Waals surface area (Å²) in [6.45, 7) is 4.19. The second kappa shape index (κ2) is 8.89. The van der Waals surface area contributed by atoms with Gasteiger partial charge in [-0.1, -0.05) is 24.3 Å². The van der Waals surface area contributed by atoms with Crippen LogP contribution in [-0.2, 0) is 17.8 Å². The van der Waals surface area contributed by atoms with E-state index in [0.29, 0.717) is 12.5 Å². The summed E-state index contributed by atoms with van der Waals surface area (Å²) in [6, 6.07) is 12.3. The first-order chi connectivity index (χ1) is 13.1. The number of carbonyl (C=O) groups excluding carboxylic acids is 1. The van der Waals surface area contributed by atoms with E-state index in [1.807, 2.05) is 31.5 Å². The van der Waals surface area contributed by atoms with Crippen molar-refractivity contribution < 1.29 is 4.79 Å². The van der Waals surface area contributed by atoms with Gasteiger partial charge in [-0.05, 0) is 42.2 Å². The smallest absolute Gasteiger partial charge is 0.222 e. The molecule has 6 heteroatoms. The van der Waals surface area contributed by atoms with Gasteiger partial charge in [0.05, 0.1) is 0 Å². The van der Waals surface area contributed by atoms with E-state index in [2.05, 4.69) is 49.9 Å². The molecule has 0 saturated heterocycles. The molecule has 2 heterocycles. The van der Waals surface area contributed by atoms with E-state index >= 15 is 0 Å². The number of aromatic nitrogens is 3. The molecule has 0 aliphatic carbocycles. The van der Waals surface area contributed by atoms with Gasteiger partial charge in [-0.15, -0.1) is 0 Å². The third-order valence-corrected chi connectivity index (χ3v) is 4.13. The van der Waals surface area contributed by atoms with Crippen molar-refractivity contribution in [2.24, 2.45) is 0 Å². The van der Waals surface area contributed by atoms with Crippen LogP contribution < -0.4 is 10.6 Å². The SMILES string of the molecule is CC(=O)NC(C)Cc1ccc(-c2cnc(NCc3ccncc3)nc2)cc1. The number of anilines is 1. The van der Waals surface area contributed by atoms with Gasteiger partial charge in [0.15, 0.2) is 0 Å². The molecule has 1 aromatic carbocycles. The minimum Gasteiger partial charge on any atom is -0.354 e. The highest BCUT2D eigenvalue weighted by Crippen LogP contribution is 2.19. The Bertz CT molecular complexity index is 863. The Kier molecular flexibility index (Phi) is 6.10. The number of nitrogens with zero attached hydrogens (tertiary/aromatic N) is 3. The average molecular weight is 361 g/mol. The first-order valence-electron chi connectivity index (χ1n) is 8.91. The number of carbonyl (C=O) groups is 1. The van der Waals surface area contributed by atoms with E-state index < -0.39 is 0 Å². The summed E-state index contributed by atoms with van der Waals surface area (Å²) < 4.78 is 0. The van der Waals surface area contributed by atoms with Crippen molar-refractivity contribution in [3.63, 3.8) is 0 Å². The normalized spacial score (nSPS) is 11.6. The molecule has 3 rings (SSSR count). The van der Waals surface area contributed by atoms with Gasteiger partial charge < -0.3 is 10.6 Å². The lowest BCUT2D eigenvalue weighted by molar-refractivity contribution is -0.119. The second-order valence-corrected chi connectivity index (χ2v) is 6.51. The first-order valence-corrected chi connectivity index (χ1v) is 8.91. The maximum atomic E-state index is 11.1. The van der Waals surface area contributed by atoms with Gasteiger partial charge >= 0.3 is 0 Å². The van der Waals surface area contributed by atoms with Crippen LogP contribution in [-0.4, -0.2) is 26.9 Å². The Balaban J connectivity index is 1.59. The highest BCUT2D eigenvalue weighted by Gasteiger charge is 2.06. The van der Waals surface area contributed by atoms with Crippen LogP contribution in [0, 0.1) is 0 Å². The predicted octanol–water partition coefficient (Wildman–Crippen LogP) is 3.22. The molecule has 27 heavy (non-hydrogen) atoms. The van der Waals surface area contributed by atoms with E-state index in [1.54, 1.807) is 12.4 Å². The number of nitrogens with one attached hydrogen (secondary N) is 2. The summed E-state index contributed by atoms with van der Waals surface area (Å²) >= 11 is 0. The van der Waals surface area contributed by atoms with Crippen molar-refractivity contribution in [3.8, 4) is 11.1 Å². The van der Waals surface area contributed by atoms with Crippen molar-refractivity contribution in [1.29, 1.82) is 0 Å². The van der Waals surface area contributed by atoms with Gasteiger partial charge in [0.1, 0.15) is 0 Å². The second-order valence-electron chi connectivity index (χ2n) is 6.51. The fraction of sp³-hybridized carbons (Fsp3) is 0.238. The summed E-state index contributed by atoms with van der Waals surface area (Å²) in [7, 11) is 0. The van der Waals surface area contributed by atoms with Crippen LogP contribution in [0.3, 0.4) is 0 Å². The zero-order valence-corrected chi connectivity index (χ0v) is 15.5. The topological polar surface area (TPSA) is 79.8 Å². The molecule has 1 amide bonds. The summed E-state index contributed by atoms with van der Waals surface area (Å²) in [4.78, 5) is 23.9. The minimum atomic E-state index is -0.00565. The van der Waals surface area contributed by atoms with Gasteiger partial charge in [0, 0.05) is 49.9 Å². The summed E-state index contributed by atoms with van der Waals surface area (Å²) in [5.74, 6) is 0.588. The van der Waals surface area contributed by atoms with Crippen LogP contribution in [0.5, 0.6) is 0 Å². The van der Waals surface area contributed by atoms with Crippen molar-refractivity contribution in [2.75, 3.05) is 5.32 Å². The van der Waals surface area contributed by atoms with Crippen LogP contribution >= 0.6 is 0 Å². The molecule has 2 N–H and O–H groups in total. The van der Waals surface area contributed by atoms with Gasteiger partial charge in [-0.2, -0.15) is 0 Å². The molecule has 0 fully saturated rings. The number of hydrogen-bond acceptors (Lipinski definition) is 5. The van der Waals surface area contributed by atoms with Gasteiger partial charge in [-0.25, -0.2) is 9.97 Å². The van der Waals surface area contributed by atoms with E-state index in [1.165, 1.54) is 12.5 Å². The largest absolute Gasteiger partial charge is 0.354 e. The van der Waals surface area contributed by atoms with Crippen LogP contribution in [0.4, 0.5) is 5.95 Å². The van der Waals surface area contributed by atoms with Crippen molar-refractivity contribution in [1.82, 2.24) is 20.3 Å². The Hall–Kier alpha value is -3.28. The average Bonchev–Trinajstić information content (AvgIpc) is 2.68. The Morgan fingerprint density at radius 1 is 0.963 bits per heavy atom. The van der Waals surface area contributed by atoms with Gasteiger partial charge in [0.25, 0.3) is 0 Å². The van der Waals surface area contributed by atoms with E-state index in [-0.39, 0.29) is 11.9 Å². The molecule has 0 spiro atoms. The monoisotopic (exact) mass is 361 g/mol. The molecule has 0 saturated carbocycles. The molecule has 1 atom stereocenters. The molecule has 2 aromatic heterocycles. The molecule has 3 aromatic rings. The molecule has 138 valence electrons. The van der Waals surface area contributed by atoms with E-state index in [0.717, 1.165) is 23.1 Å². The number of benzene rings is 1.